The quantitative estimate of drug-likeness (QED) is 0.791. The van der Waals surface area contributed by atoms with E-state index in [0.717, 1.165) is 17.8 Å². The van der Waals surface area contributed by atoms with E-state index in [0.29, 0.717) is 5.69 Å². The fourth-order valence-corrected chi connectivity index (χ4v) is 2.31. The largest absolute Gasteiger partial charge is 0.480 e. The maximum absolute atomic E-state index is 10.6. The first kappa shape index (κ1) is 9.61. The topological polar surface area (TPSA) is 76.2 Å². The van der Waals surface area contributed by atoms with Crippen LogP contribution in [0.5, 0.6) is 0 Å². The normalized spacial score (nSPS) is 20.4. The highest BCUT2D eigenvalue weighted by Crippen LogP contribution is 2.48. The molecule has 1 aliphatic carbocycles. The molecular formula is C9H12N2O2S. The average Bonchev–Trinajstić information content (AvgIpc) is 2.69. The lowest BCUT2D eigenvalue weighted by molar-refractivity contribution is -0.138. The van der Waals surface area contributed by atoms with Crippen LogP contribution in [0.15, 0.2) is 5.38 Å². The molecule has 0 radical (unpaired) electrons. The van der Waals surface area contributed by atoms with E-state index >= 15 is 0 Å². The molecule has 1 saturated carbocycles. The van der Waals surface area contributed by atoms with Crippen LogP contribution in [0.2, 0.25) is 0 Å². The highest BCUT2D eigenvalue weighted by Gasteiger charge is 2.42. The molecule has 0 aliphatic heterocycles. The average molecular weight is 212 g/mol. The van der Waals surface area contributed by atoms with Crippen molar-refractivity contribution in [2.75, 3.05) is 0 Å². The van der Waals surface area contributed by atoms with E-state index in [1.807, 2.05) is 0 Å². The first-order chi connectivity index (χ1) is 6.53. The maximum atomic E-state index is 10.6. The Hall–Kier alpha value is -0.940. The van der Waals surface area contributed by atoms with Crippen molar-refractivity contribution in [2.45, 2.75) is 31.2 Å². The van der Waals surface area contributed by atoms with Gasteiger partial charge in [-0.3, -0.25) is 4.79 Å². The minimum atomic E-state index is -1.03. The van der Waals surface area contributed by atoms with Gasteiger partial charge in [0, 0.05) is 10.8 Å². The number of thiazole rings is 1. The van der Waals surface area contributed by atoms with Gasteiger partial charge in [-0.2, -0.15) is 0 Å². The number of nitrogens with two attached hydrogens (primary N) is 1. The Morgan fingerprint density at radius 1 is 1.79 bits per heavy atom. The summed E-state index contributed by atoms with van der Waals surface area (Å²) in [5, 5.41) is 11.5. The molecule has 3 N–H and O–H groups in total. The van der Waals surface area contributed by atoms with E-state index in [-0.39, 0.29) is 5.41 Å². The molecule has 2 rings (SSSR count). The number of aromatic nitrogens is 1. The van der Waals surface area contributed by atoms with Crippen molar-refractivity contribution in [1.29, 1.82) is 0 Å². The molecule has 1 atom stereocenters. The van der Waals surface area contributed by atoms with Gasteiger partial charge in [0.15, 0.2) is 0 Å². The zero-order chi connectivity index (χ0) is 10.3. The second kappa shape index (κ2) is 3.03. The van der Waals surface area contributed by atoms with Crippen LogP contribution in [0, 0.1) is 0 Å². The minimum absolute atomic E-state index is 0.196. The van der Waals surface area contributed by atoms with Crippen LogP contribution < -0.4 is 5.73 Å². The zero-order valence-electron chi connectivity index (χ0n) is 7.86. The summed E-state index contributed by atoms with van der Waals surface area (Å²) in [6.07, 6.45) is 2.28. The van der Waals surface area contributed by atoms with Crippen molar-refractivity contribution in [3.63, 3.8) is 0 Å². The van der Waals surface area contributed by atoms with Gasteiger partial charge in [0.1, 0.15) is 6.04 Å². The molecule has 0 saturated heterocycles. The minimum Gasteiger partial charge on any atom is -0.480 e. The smallest absolute Gasteiger partial charge is 0.326 e. The summed E-state index contributed by atoms with van der Waals surface area (Å²) >= 11 is 1.51. The lowest BCUT2D eigenvalue weighted by Crippen LogP contribution is -2.21. The lowest BCUT2D eigenvalue weighted by atomic mass is 10.1. The van der Waals surface area contributed by atoms with E-state index in [1.165, 1.54) is 11.3 Å². The Labute approximate surface area is 85.8 Å². The molecule has 4 nitrogen and oxygen atoms in total. The molecule has 76 valence electrons. The number of carbonyl (C=O) groups is 1. The summed E-state index contributed by atoms with van der Waals surface area (Å²) < 4.78 is 0. The van der Waals surface area contributed by atoms with Gasteiger partial charge in [0.25, 0.3) is 0 Å². The fourth-order valence-electron chi connectivity index (χ4n) is 1.23. The molecule has 0 spiro atoms. The Kier molecular flexibility index (Phi) is 2.08. The van der Waals surface area contributed by atoms with Gasteiger partial charge in [0.2, 0.25) is 0 Å². The van der Waals surface area contributed by atoms with Gasteiger partial charge in [-0.25, -0.2) is 4.98 Å². The molecular weight excluding hydrogens is 200 g/mol. The van der Waals surface area contributed by atoms with Crippen LogP contribution in [0.3, 0.4) is 0 Å². The molecule has 14 heavy (non-hydrogen) atoms. The summed E-state index contributed by atoms with van der Waals surface area (Å²) in [4.78, 5) is 14.9. The Bertz CT molecular complexity index is 371. The Morgan fingerprint density at radius 3 is 2.93 bits per heavy atom. The van der Waals surface area contributed by atoms with Crippen LogP contribution in [-0.2, 0) is 10.2 Å². The number of carboxylic acid groups (broad SMARTS) is 1. The second-order valence-electron chi connectivity index (χ2n) is 3.95. The van der Waals surface area contributed by atoms with Gasteiger partial charge >= 0.3 is 5.97 Å². The molecule has 0 bridgehead atoms. The summed E-state index contributed by atoms with van der Waals surface area (Å²) in [5.41, 5.74) is 6.13. The van der Waals surface area contributed by atoms with Crippen LogP contribution in [-0.4, -0.2) is 16.1 Å². The first-order valence-corrected chi connectivity index (χ1v) is 5.35. The highest BCUT2D eigenvalue weighted by atomic mass is 32.1. The van der Waals surface area contributed by atoms with E-state index in [9.17, 15) is 4.79 Å². The lowest BCUT2D eigenvalue weighted by Gasteiger charge is -2.03. The first-order valence-electron chi connectivity index (χ1n) is 4.47. The molecule has 1 aromatic rings. The van der Waals surface area contributed by atoms with E-state index in [2.05, 4.69) is 11.9 Å². The van der Waals surface area contributed by atoms with Crippen molar-refractivity contribution in [1.82, 2.24) is 4.98 Å². The Morgan fingerprint density at radius 2 is 2.43 bits per heavy atom. The molecule has 1 aliphatic rings. The maximum Gasteiger partial charge on any atom is 0.326 e. The monoisotopic (exact) mass is 212 g/mol. The number of aliphatic carboxylic acids is 1. The van der Waals surface area contributed by atoms with E-state index in [4.69, 9.17) is 10.8 Å². The van der Waals surface area contributed by atoms with Crippen LogP contribution in [0.25, 0.3) is 0 Å². The molecule has 1 unspecified atom stereocenters. The van der Waals surface area contributed by atoms with Crippen LogP contribution >= 0.6 is 11.3 Å². The third kappa shape index (κ3) is 1.53. The number of hydrogen-bond acceptors (Lipinski definition) is 4. The molecule has 1 aromatic heterocycles. The predicted molar refractivity (Wildman–Crippen MR) is 53.3 cm³/mol. The summed E-state index contributed by atoms with van der Waals surface area (Å²) in [6.45, 7) is 2.14. The zero-order valence-corrected chi connectivity index (χ0v) is 8.67. The predicted octanol–water partition coefficient (Wildman–Crippen LogP) is 1.28. The number of hydrogen-bond donors (Lipinski definition) is 2. The molecule has 5 heteroatoms. The van der Waals surface area contributed by atoms with Gasteiger partial charge in [0.05, 0.1) is 10.7 Å². The van der Waals surface area contributed by atoms with Crippen molar-refractivity contribution in [3.05, 3.63) is 16.1 Å². The SMILES string of the molecule is CC1(c2nc(C(N)C(=O)O)cs2)CC1. The number of rotatable bonds is 3. The van der Waals surface area contributed by atoms with Crippen molar-refractivity contribution >= 4 is 17.3 Å². The number of carboxylic acids is 1. The third-order valence-electron chi connectivity index (χ3n) is 2.62. The standard InChI is InChI=1S/C9H12N2O2S/c1-9(2-3-9)8-11-5(4-14-8)6(10)7(12)13/h4,6H,2-3,10H2,1H3,(H,12,13). The van der Waals surface area contributed by atoms with Crippen molar-refractivity contribution < 1.29 is 9.90 Å². The third-order valence-corrected chi connectivity index (χ3v) is 3.79. The van der Waals surface area contributed by atoms with Crippen molar-refractivity contribution in [2.24, 2.45) is 5.73 Å². The van der Waals surface area contributed by atoms with E-state index in [1.54, 1.807) is 5.38 Å². The fraction of sp³-hybridized carbons (Fsp3) is 0.556. The summed E-state index contributed by atoms with van der Waals surface area (Å²) in [5.74, 6) is -1.03. The van der Waals surface area contributed by atoms with Gasteiger partial charge in [-0.05, 0) is 12.8 Å². The van der Waals surface area contributed by atoms with Crippen LogP contribution in [0.1, 0.15) is 36.5 Å². The van der Waals surface area contributed by atoms with E-state index < -0.39 is 12.0 Å². The molecule has 1 fully saturated rings. The highest BCUT2D eigenvalue weighted by molar-refractivity contribution is 7.09. The van der Waals surface area contributed by atoms with Gasteiger partial charge in [-0.15, -0.1) is 11.3 Å². The Balaban J connectivity index is 2.21. The molecule has 1 heterocycles. The second-order valence-corrected chi connectivity index (χ2v) is 4.81. The molecule has 0 amide bonds. The van der Waals surface area contributed by atoms with Crippen molar-refractivity contribution in [3.8, 4) is 0 Å². The van der Waals surface area contributed by atoms with Gasteiger partial charge < -0.3 is 10.8 Å². The van der Waals surface area contributed by atoms with Crippen LogP contribution in [0.4, 0.5) is 0 Å². The number of nitrogens with zero attached hydrogens (tertiary/aromatic N) is 1. The van der Waals surface area contributed by atoms with Gasteiger partial charge in [-0.1, -0.05) is 6.92 Å². The summed E-state index contributed by atoms with van der Waals surface area (Å²) in [7, 11) is 0. The summed E-state index contributed by atoms with van der Waals surface area (Å²) in [6, 6.07) is -0.984. The molecule has 0 aromatic carbocycles.